The Kier molecular flexibility index (Phi) is 6.21. The predicted molar refractivity (Wildman–Crippen MR) is 129 cm³/mol. The summed E-state index contributed by atoms with van der Waals surface area (Å²) in [7, 11) is 0. The van der Waals surface area contributed by atoms with E-state index in [4.69, 9.17) is 9.72 Å². The summed E-state index contributed by atoms with van der Waals surface area (Å²) >= 11 is 1.56. The molecule has 3 aromatic heterocycles. The van der Waals surface area contributed by atoms with Gasteiger partial charge in [-0.25, -0.2) is 9.97 Å². The van der Waals surface area contributed by atoms with Crippen LogP contribution < -0.4 is 10.1 Å². The first-order valence-electron chi connectivity index (χ1n) is 10.5. The Morgan fingerprint density at radius 3 is 2.47 bits per heavy atom. The number of rotatable bonds is 7. The third kappa shape index (κ3) is 5.12. The van der Waals surface area contributed by atoms with Crippen molar-refractivity contribution in [2.24, 2.45) is 0 Å². The molecule has 0 aliphatic carbocycles. The topological polar surface area (TPSA) is 80.2 Å². The second-order valence-corrected chi connectivity index (χ2v) is 9.29. The molecule has 0 saturated heterocycles. The van der Waals surface area contributed by atoms with Crippen LogP contribution in [0.4, 0.5) is 11.5 Å². The van der Waals surface area contributed by atoms with Crippen molar-refractivity contribution in [3.05, 3.63) is 77.7 Å². The summed E-state index contributed by atoms with van der Waals surface area (Å²) in [6.07, 6.45) is 3.36. The molecule has 0 radical (unpaired) electrons. The van der Waals surface area contributed by atoms with Crippen molar-refractivity contribution < 1.29 is 9.84 Å². The van der Waals surface area contributed by atoms with Crippen molar-refractivity contribution in [3.63, 3.8) is 0 Å². The molecule has 0 aliphatic heterocycles. The summed E-state index contributed by atoms with van der Waals surface area (Å²) in [6, 6.07) is 17.4. The molecule has 0 unspecified atom stereocenters. The van der Waals surface area contributed by atoms with Gasteiger partial charge in [0.15, 0.2) is 0 Å². The molecule has 2 N–H and O–H groups in total. The summed E-state index contributed by atoms with van der Waals surface area (Å²) in [4.78, 5) is 13.5. The normalized spacial score (nSPS) is 11.6. The highest BCUT2D eigenvalue weighted by Crippen LogP contribution is 2.40. The lowest BCUT2D eigenvalue weighted by molar-refractivity contribution is 0.0739. The number of ether oxygens (including phenoxy) is 1. The maximum atomic E-state index is 10.2. The second kappa shape index (κ2) is 9.06. The molecule has 0 spiro atoms. The van der Waals surface area contributed by atoms with Gasteiger partial charge in [-0.15, -0.1) is 0 Å². The zero-order valence-electron chi connectivity index (χ0n) is 18.5. The van der Waals surface area contributed by atoms with Gasteiger partial charge in [0.25, 0.3) is 0 Å². The highest BCUT2D eigenvalue weighted by atomic mass is 32.1. The monoisotopic (exact) mass is 446 g/mol. The molecule has 0 atom stereocenters. The van der Waals surface area contributed by atoms with Gasteiger partial charge in [0.1, 0.15) is 22.9 Å². The number of hydrogen-bond acceptors (Lipinski definition) is 7. The summed E-state index contributed by atoms with van der Waals surface area (Å²) in [5.74, 6) is 1.60. The van der Waals surface area contributed by atoms with Gasteiger partial charge in [0, 0.05) is 35.6 Å². The van der Waals surface area contributed by atoms with Crippen LogP contribution in [0.25, 0.3) is 11.3 Å². The highest BCUT2D eigenvalue weighted by Gasteiger charge is 2.19. The summed E-state index contributed by atoms with van der Waals surface area (Å²) in [5, 5.41) is 15.3. The molecule has 0 aliphatic rings. The van der Waals surface area contributed by atoms with E-state index in [9.17, 15) is 5.11 Å². The molecular weight excluding hydrogens is 420 g/mol. The van der Waals surface area contributed by atoms with Crippen molar-refractivity contribution in [1.82, 2.24) is 15.0 Å². The van der Waals surface area contributed by atoms with Crippen molar-refractivity contribution in [1.29, 1.82) is 0 Å². The first kappa shape index (κ1) is 21.9. The van der Waals surface area contributed by atoms with E-state index in [1.807, 2.05) is 48.5 Å². The van der Waals surface area contributed by atoms with Gasteiger partial charge in [0.05, 0.1) is 10.7 Å². The van der Waals surface area contributed by atoms with Crippen LogP contribution in [-0.2, 0) is 5.60 Å². The lowest BCUT2D eigenvalue weighted by Gasteiger charge is -2.17. The fraction of sp³-hybridized carbons (Fsp3) is 0.240. The molecule has 4 aromatic rings. The van der Waals surface area contributed by atoms with E-state index < -0.39 is 5.60 Å². The lowest BCUT2D eigenvalue weighted by atomic mass is 10.0. The number of anilines is 2. The van der Waals surface area contributed by atoms with E-state index in [2.05, 4.69) is 29.1 Å². The van der Waals surface area contributed by atoms with Gasteiger partial charge in [0.2, 0.25) is 5.06 Å². The van der Waals surface area contributed by atoms with Crippen molar-refractivity contribution in [2.75, 3.05) is 5.32 Å². The van der Waals surface area contributed by atoms with Gasteiger partial charge >= 0.3 is 0 Å². The van der Waals surface area contributed by atoms with Crippen LogP contribution in [0.5, 0.6) is 10.8 Å². The Morgan fingerprint density at radius 2 is 1.75 bits per heavy atom. The Morgan fingerprint density at radius 1 is 1.00 bits per heavy atom. The number of hydrogen-bond donors (Lipinski definition) is 2. The van der Waals surface area contributed by atoms with Gasteiger partial charge in [-0.2, -0.15) is 0 Å². The molecule has 0 saturated carbocycles. The van der Waals surface area contributed by atoms with Gasteiger partial charge in [-0.3, -0.25) is 4.98 Å². The molecule has 4 rings (SSSR count). The van der Waals surface area contributed by atoms with Crippen LogP contribution in [0.1, 0.15) is 44.3 Å². The van der Waals surface area contributed by atoms with E-state index in [0.717, 1.165) is 27.0 Å². The zero-order valence-corrected chi connectivity index (χ0v) is 19.4. The molecular formula is C25H26N4O2S. The van der Waals surface area contributed by atoms with Crippen LogP contribution in [0, 0.1) is 0 Å². The minimum atomic E-state index is -1.02. The maximum absolute atomic E-state index is 10.2. The summed E-state index contributed by atoms with van der Waals surface area (Å²) in [5.41, 5.74) is 2.20. The SMILES string of the molecule is CC(C)c1nc(-c2ccccc2)c(Oc2ccnc(Nc3ccnc(C(C)(C)O)c3)c2)s1. The fourth-order valence-corrected chi connectivity index (χ4v) is 4.02. The molecule has 0 bridgehead atoms. The molecule has 6 nitrogen and oxygen atoms in total. The third-order valence-electron chi connectivity index (χ3n) is 4.75. The van der Waals surface area contributed by atoms with E-state index in [0.29, 0.717) is 23.2 Å². The van der Waals surface area contributed by atoms with E-state index in [1.54, 1.807) is 43.6 Å². The lowest BCUT2D eigenvalue weighted by Crippen LogP contribution is -2.17. The Bertz CT molecular complexity index is 1200. The van der Waals surface area contributed by atoms with E-state index in [1.165, 1.54) is 0 Å². The Balaban J connectivity index is 1.60. The number of nitrogens with zero attached hydrogens (tertiary/aromatic N) is 3. The van der Waals surface area contributed by atoms with Crippen LogP contribution >= 0.6 is 11.3 Å². The van der Waals surface area contributed by atoms with Crippen LogP contribution in [0.3, 0.4) is 0 Å². The number of thiazole rings is 1. The molecule has 32 heavy (non-hydrogen) atoms. The standard InChI is InChI=1S/C25H26N4O2S/c1-16(2)23-29-22(17-8-6-5-7-9-17)24(32-23)31-19-11-13-27-21(15-19)28-18-10-12-26-20(14-18)25(3,4)30/h5-16,30H,1-4H3,(H,26,27,28). The van der Waals surface area contributed by atoms with Crippen molar-refractivity contribution >= 4 is 22.8 Å². The molecule has 7 heteroatoms. The number of pyridine rings is 2. The Hall–Kier alpha value is -3.29. The summed E-state index contributed by atoms with van der Waals surface area (Å²) < 4.78 is 6.27. The van der Waals surface area contributed by atoms with Gasteiger partial charge in [-0.05, 0) is 32.0 Å². The van der Waals surface area contributed by atoms with Crippen LogP contribution in [-0.4, -0.2) is 20.1 Å². The Labute approximate surface area is 192 Å². The molecule has 0 fully saturated rings. The van der Waals surface area contributed by atoms with E-state index >= 15 is 0 Å². The maximum Gasteiger partial charge on any atom is 0.208 e. The number of benzene rings is 1. The minimum Gasteiger partial charge on any atom is -0.444 e. The molecule has 1 aromatic carbocycles. The van der Waals surface area contributed by atoms with Crippen LogP contribution in [0.2, 0.25) is 0 Å². The average molecular weight is 447 g/mol. The first-order chi connectivity index (χ1) is 15.3. The number of aromatic nitrogens is 3. The number of aliphatic hydroxyl groups is 1. The smallest absolute Gasteiger partial charge is 0.208 e. The minimum absolute atomic E-state index is 0.311. The largest absolute Gasteiger partial charge is 0.444 e. The van der Waals surface area contributed by atoms with Gasteiger partial charge < -0.3 is 15.2 Å². The third-order valence-corrected chi connectivity index (χ3v) is 5.99. The molecule has 164 valence electrons. The second-order valence-electron chi connectivity index (χ2n) is 8.30. The first-order valence-corrected chi connectivity index (χ1v) is 11.3. The van der Waals surface area contributed by atoms with Crippen molar-refractivity contribution in [2.45, 2.75) is 39.2 Å². The zero-order chi connectivity index (χ0) is 22.7. The quantitative estimate of drug-likeness (QED) is 0.338. The predicted octanol–water partition coefficient (Wildman–Crippen LogP) is 6.49. The highest BCUT2D eigenvalue weighted by molar-refractivity contribution is 7.14. The van der Waals surface area contributed by atoms with Crippen LogP contribution in [0.15, 0.2) is 67.0 Å². The molecule has 0 amide bonds. The molecule has 3 heterocycles. The average Bonchev–Trinajstić information content (AvgIpc) is 3.18. The fourth-order valence-electron chi connectivity index (χ4n) is 3.06. The van der Waals surface area contributed by atoms with Crippen molar-refractivity contribution in [3.8, 4) is 22.1 Å². The van der Waals surface area contributed by atoms with E-state index in [-0.39, 0.29) is 0 Å². The number of nitrogens with one attached hydrogen (secondary N) is 1. The summed E-state index contributed by atoms with van der Waals surface area (Å²) in [6.45, 7) is 7.66. The van der Waals surface area contributed by atoms with Gasteiger partial charge in [-0.1, -0.05) is 55.5 Å².